The lowest BCUT2D eigenvalue weighted by Crippen LogP contribution is -2.13. The summed E-state index contributed by atoms with van der Waals surface area (Å²) in [5, 5.41) is 14.7. The van der Waals surface area contributed by atoms with Gasteiger partial charge in [-0.2, -0.15) is 5.10 Å². The maximum atomic E-state index is 14.2. The molecule has 2 heterocycles. The van der Waals surface area contributed by atoms with Crippen LogP contribution >= 0.6 is 11.6 Å². The predicted octanol–water partition coefficient (Wildman–Crippen LogP) is 8.46. The van der Waals surface area contributed by atoms with E-state index < -0.39 is 0 Å². The summed E-state index contributed by atoms with van der Waals surface area (Å²) in [6.45, 7) is 6.91. The molecule has 0 spiro atoms. The van der Waals surface area contributed by atoms with Gasteiger partial charge in [0.05, 0.1) is 22.4 Å². The van der Waals surface area contributed by atoms with Crippen molar-refractivity contribution in [3.05, 3.63) is 113 Å². The molecule has 6 aromatic rings. The molecule has 6 rings (SSSR count). The molecule has 2 N–H and O–H groups in total. The van der Waals surface area contributed by atoms with E-state index in [0.29, 0.717) is 34.7 Å². The second-order valence-electron chi connectivity index (χ2n) is 11.1. The summed E-state index contributed by atoms with van der Waals surface area (Å²) < 4.78 is 15.9. The molecule has 0 fully saturated rings. The van der Waals surface area contributed by atoms with E-state index in [4.69, 9.17) is 26.7 Å². The second-order valence-corrected chi connectivity index (χ2v) is 11.5. The highest BCUT2D eigenvalue weighted by Gasteiger charge is 2.22. The minimum Gasteiger partial charge on any atom is -0.367 e. The van der Waals surface area contributed by atoms with Crippen LogP contribution in [0.2, 0.25) is 5.02 Å². The zero-order chi connectivity index (χ0) is 28.6. The zero-order valence-electron chi connectivity index (χ0n) is 23.1. The Labute approximate surface area is 243 Å². The van der Waals surface area contributed by atoms with Crippen LogP contribution in [0.25, 0.3) is 27.5 Å². The topological polar surface area (TPSA) is 67.7 Å². The van der Waals surface area contributed by atoms with Crippen molar-refractivity contribution < 1.29 is 4.39 Å². The SMILES string of the molecule is CC(C)(C)c1cc(Nc2nc3cc4ccccc4cc3nc2NCCc2cccc(Cl)c2)n(-c2cccc(F)c2)n1. The molecule has 0 aliphatic rings. The molecule has 0 bridgehead atoms. The molecule has 0 amide bonds. The van der Waals surface area contributed by atoms with Gasteiger partial charge < -0.3 is 10.6 Å². The van der Waals surface area contributed by atoms with Gasteiger partial charge in [-0.3, -0.25) is 0 Å². The Morgan fingerprint density at radius 1 is 0.805 bits per heavy atom. The summed E-state index contributed by atoms with van der Waals surface area (Å²) in [6.07, 6.45) is 0.757. The van der Waals surface area contributed by atoms with Crippen molar-refractivity contribution >= 4 is 50.9 Å². The molecule has 8 heteroatoms. The average Bonchev–Trinajstić information content (AvgIpc) is 3.37. The molecular weight excluding hydrogens is 535 g/mol. The van der Waals surface area contributed by atoms with Crippen LogP contribution in [0.3, 0.4) is 0 Å². The Hall–Kier alpha value is -4.49. The molecule has 0 saturated heterocycles. The van der Waals surface area contributed by atoms with E-state index in [-0.39, 0.29) is 11.2 Å². The molecule has 41 heavy (non-hydrogen) atoms. The molecule has 0 atom stereocenters. The number of nitrogens with one attached hydrogen (secondary N) is 2. The number of halogens is 2. The summed E-state index contributed by atoms with van der Waals surface area (Å²) >= 11 is 6.19. The van der Waals surface area contributed by atoms with E-state index in [9.17, 15) is 4.39 Å². The van der Waals surface area contributed by atoms with Gasteiger partial charge in [-0.05, 0) is 65.2 Å². The average molecular weight is 565 g/mol. The second kappa shape index (κ2) is 10.8. The van der Waals surface area contributed by atoms with Crippen LogP contribution in [0.5, 0.6) is 0 Å². The van der Waals surface area contributed by atoms with E-state index in [1.165, 1.54) is 12.1 Å². The Bertz CT molecular complexity index is 1870. The van der Waals surface area contributed by atoms with Crippen LogP contribution < -0.4 is 10.6 Å². The van der Waals surface area contributed by atoms with E-state index in [0.717, 1.165) is 39.5 Å². The first-order chi connectivity index (χ1) is 19.7. The van der Waals surface area contributed by atoms with Gasteiger partial charge in [-0.25, -0.2) is 19.0 Å². The number of aromatic nitrogens is 4. The Morgan fingerprint density at radius 2 is 1.51 bits per heavy atom. The fraction of sp³-hybridized carbons (Fsp3) is 0.182. The Balaban J connectivity index is 1.43. The van der Waals surface area contributed by atoms with Gasteiger partial charge in [0.1, 0.15) is 11.6 Å². The quantitative estimate of drug-likeness (QED) is 0.190. The first kappa shape index (κ1) is 26.7. The normalized spacial score (nSPS) is 11.7. The molecule has 6 nitrogen and oxygen atoms in total. The number of benzene rings is 4. The lowest BCUT2D eigenvalue weighted by molar-refractivity contribution is 0.560. The van der Waals surface area contributed by atoms with Gasteiger partial charge in [0, 0.05) is 23.0 Å². The number of hydrogen-bond acceptors (Lipinski definition) is 5. The highest BCUT2D eigenvalue weighted by molar-refractivity contribution is 6.30. The molecule has 206 valence electrons. The maximum Gasteiger partial charge on any atom is 0.175 e. The Morgan fingerprint density at radius 3 is 2.20 bits per heavy atom. The van der Waals surface area contributed by atoms with Gasteiger partial charge in [0.2, 0.25) is 0 Å². The lowest BCUT2D eigenvalue weighted by atomic mass is 9.92. The smallest absolute Gasteiger partial charge is 0.175 e. The summed E-state index contributed by atoms with van der Waals surface area (Å²) in [7, 11) is 0. The maximum absolute atomic E-state index is 14.2. The van der Waals surface area contributed by atoms with E-state index in [2.05, 4.69) is 55.7 Å². The number of fused-ring (bicyclic) bond motifs is 2. The third kappa shape index (κ3) is 5.86. The zero-order valence-corrected chi connectivity index (χ0v) is 23.9. The molecular formula is C33H30ClFN6. The van der Waals surface area contributed by atoms with E-state index in [1.807, 2.05) is 48.5 Å². The summed E-state index contributed by atoms with van der Waals surface area (Å²) in [5.74, 6) is 1.49. The van der Waals surface area contributed by atoms with Crippen LogP contribution in [0.1, 0.15) is 32.0 Å². The third-order valence-electron chi connectivity index (χ3n) is 6.90. The Kier molecular flexibility index (Phi) is 7.05. The first-order valence-corrected chi connectivity index (χ1v) is 13.9. The molecule has 0 aliphatic carbocycles. The fourth-order valence-corrected chi connectivity index (χ4v) is 4.95. The number of nitrogens with zero attached hydrogens (tertiary/aromatic N) is 4. The van der Waals surface area contributed by atoms with Gasteiger partial charge in [-0.15, -0.1) is 0 Å². The molecule has 0 aliphatic heterocycles. The number of rotatable bonds is 7. The highest BCUT2D eigenvalue weighted by atomic mass is 35.5. The van der Waals surface area contributed by atoms with Crippen LogP contribution in [0, 0.1) is 5.82 Å². The van der Waals surface area contributed by atoms with Gasteiger partial charge in [-0.1, -0.05) is 74.8 Å². The minimum absolute atomic E-state index is 0.221. The number of hydrogen-bond donors (Lipinski definition) is 2. The summed E-state index contributed by atoms with van der Waals surface area (Å²) in [6, 6.07) is 28.5. The van der Waals surface area contributed by atoms with Crippen molar-refractivity contribution in [3.63, 3.8) is 0 Å². The van der Waals surface area contributed by atoms with Crippen molar-refractivity contribution in [2.45, 2.75) is 32.6 Å². The minimum atomic E-state index is -0.331. The van der Waals surface area contributed by atoms with Crippen LogP contribution in [0.4, 0.5) is 21.8 Å². The van der Waals surface area contributed by atoms with Gasteiger partial charge in [0.25, 0.3) is 0 Å². The molecule has 0 saturated carbocycles. The first-order valence-electron chi connectivity index (χ1n) is 13.6. The predicted molar refractivity (Wildman–Crippen MR) is 166 cm³/mol. The van der Waals surface area contributed by atoms with Crippen LogP contribution in [0.15, 0.2) is 91.0 Å². The van der Waals surface area contributed by atoms with Gasteiger partial charge in [0.15, 0.2) is 11.6 Å². The van der Waals surface area contributed by atoms with Crippen molar-refractivity contribution in [3.8, 4) is 5.69 Å². The van der Waals surface area contributed by atoms with E-state index in [1.54, 1.807) is 10.7 Å². The lowest BCUT2D eigenvalue weighted by Gasteiger charge is -2.15. The van der Waals surface area contributed by atoms with Crippen molar-refractivity contribution in [2.75, 3.05) is 17.2 Å². The highest BCUT2D eigenvalue weighted by Crippen LogP contribution is 2.32. The van der Waals surface area contributed by atoms with Crippen molar-refractivity contribution in [2.24, 2.45) is 0 Å². The molecule has 4 aromatic carbocycles. The monoisotopic (exact) mass is 564 g/mol. The third-order valence-corrected chi connectivity index (χ3v) is 7.14. The standard InChI is InChI=1S/C33H30ClFN6/c1-33(2,3)29-20-30(41(40-29)26-13-7-12-25(35)19-26)39-32-31(36-15-14-21-8-6-11-24(34)16-21)37-27-17-22-9-4-5-10-23(22)18-28(27)38-32/h4-13,16-20H,14-15H2,1-3H3,(H,36,37)(H,38,39). The largest absolute Gasteiger partial charge is 0.367 e. The van der Waals surface area contributed by atoms with Crippen LogP contribution in [-0.2, 0) is 11.8 Å². The van der Waals surface area contributed by atoms with Gasteiger partial charge >= 0.3 is 0 Å². The van der Waals surface area contributed by atoms with Crippen molar-refractivity contribution in [1.82, 2.24) is 19.7 Å². The van der Waals surface area contributed by atoms with E-state index >= 15 is 0 Å². The molecule has 0 radical (unpaired) electrons. The summed E-state index contributed by atoms with van der Waals surface area (Å²) in [4.78, 5) is 10.0. The van der Waals surface area contributed by atoms with Crippen LogP contribution in [-0.4, -0.2) is 26.3 Å². The van der Waals surface area contributed by atoms with Crippen molar-refractivity contribution in [1.29, 1.82) is 0 Å². The molecule has 0 unspecified atom stereocenters. The molecule has 2 aromatic heterocycles. The summed E-state index contributed by atoms with van der Waals surface area (Å²) in [5.41, 5.74) is 3.92. The fourth-order valence-electron chi connectivity index (χ4n) is 4.73. The number of anilines is 3.